The molecule has 9 heteroatoms. The molecule has 0 heterocycles. The predicted octanol–water partition coefficient (Wildman–Crippen LogP) is 0.0601. The molecule has 1 unspecified atom stereocenters. The number of hydrogen-bond donors (Lipinski definition) is 4. The van der Waals surface area contributed by atoms with Gasteiger partial charge in [0.1, 0.15) is 0 Å². The van der Waals surface area contributed by atoms with Gasteiger partial charge in [0.15, 0.2) is 0 Å². The van der Waals surface area contributed by atoms with E-state index in [2.05, 4.69) is 9.46 Å². The lowest BCUT2D eigenvalue weighted by Gasteiger charge is -2.17. The third kappa shape index (κ3) is 7.85. The van der Waals surface area contributed by atoms with Gasteiger partial charge in [-0.2, -0.15) is 13.1 Å². The number of rotatable bonds is 7. The minimum Gasteiger partial charge on any atom is -0.446 e. The summed E-state index contributed by atoms with van der Waals surface area (Å²) in [6, 6.07) is -0.535. The summed E-state index contributed by atoms with van der Waals surface area (Å²) in [4.78, 5) is 11.1. The van der Waals surface area contributed by atoms with Crippen LogP contribution in [-0.4, -0.2) is 32.5 Å². The topological polar surface area (TPSA) is 134 Å². The second kappa shape index (κ2) is 7.17. The second-order valence-corrected chi connectivity index (χ2v) is 5.46. The molecule has 0 rings (SSSR count). The molecule has 0 aromatic carbocycles. The second-order valence-electron chi connectivity index (χ2n) is 4.01. The van der Waals surface area contributed by atoms with E-state index in [1.807, 2.05) is 0 Å². The summed E-state index contributed by atoms with van der Waals surface area (Å²) in [6.45, 7) is 4.94. The molecule has 0 saturated heterocycles. The molecule has 0 spiro atoms. The van der Waals surface area contributed by atoms with Crippen molar-refractivity contribution in [3.63, 3.8) is 0 Å². The molecular weight excluding hydrogens is 260 g/mol. The average Bonchev–Trinajstić information content (AvgIpc) is 2.12. The SMILES string of the molecule is CCC(CC(=N)N)NS(=O)(=O)NC(=O)OC(C)C. The fraction of sp³-hybridized carbons (Fsp3) is 0.778. The lowest BCUT2D eigenvalue weighted by Crippen LogP contribution is -2.46. The van der Waals surface area contributed by atoms with Crippen molar-refractivity contribution in [1.82, 2.24) is 9.44 Å². The zero-order valence-corrected chi connectivity index (χ0v) is 11.5. The standard InChI is InChI=1S/C9H20N4O4S/c1-4-7(5-8(10)11)12-18(15,16)13-9(14)17-6(2)3/h6-7,12H,4-5H2,1-3H3,(H3,10,11)(H,13,14). The molecule has 0 fully saturated rings. The third-order valence-corrected chi connectivity index (χ3v) is 2.92. The molecular formula is C9H20N4O4S. The van der Waals surface area contributed by atoms with Crippen molar-refractivity contribution in [2.75, 3.05) is 0 Å². The summed E-state index contributed by atoms with van der Waals surface area (Å²) in [7, 11) is -4.01. The number of nitrogens with one attached hydrogen (secondary N) is 3. The highest BCUT2D eigenvalue weighted by atomic mass is 32.2. The highest BCUT2D eigenvalue weighted by molar-refractivity contribution is 7.88. The Labute approximate surface area is 107 Å². The largest absolute Gasteiger partial charge is 0.446 e. The van der Waals surface area contributed by atoms with E-state index < -0.39 is 28.4 Å². The maximum Gasteiger partial charge on any atom is 0.422 e. The Morgan fingerprint density at radius 2 is 2.00 bits per heavy atom. The van der Waals surface area contributed by atoms with Crippen molar-refractivity contribution in [2.45, 2.75) is 45.8 Å². The van der Waals surface area contributed by atoms with Gasteiger partial charge >= 0.3 is 16.3 Å². The van der Waals surface area contributed by atoms with Crippen LogP contribution in [0.2, 0.25) is 0 Å². The summed E-state index contributed by atoms with van der Waals surface area (Å²) >= 11 is 0. The van der Waals surface area contributed by atoms with Gasteiger partial charge in [-0.3, -0.25) is 5.41 Å². The third-order valence-electron chi connectivity index (χ3n) is 1.84. The van der Waals surface area contributed by atoms with Crippen molar-refractivity contribution in [1.29, 1.82) is 5.41 Å². The first-order valence-electron chi connectivity index (χ1n) is 5.49. The Morgan fingerprint density at radius 1 is 1.44 bits per heavy atom. The number of ether oxygens (including phenoxy) is 1. The normalized spacial score (nSPS) is 13.1. The molecule has 106 valence electrons. The number of hydrogen-bond acceptors (Lipinski definition) is 5. The first-order valence-corrected chi connectivity index (χ1v) is 6.98. The molecule has 0 aromatic heterocycles. The summed E-state index contributed by atoms with van der Waals surface area (Å²) in [5.41, 5.74) is 5.19. The maximum absolute atomic E-state index is 11.5. The Hall–Kier alpha value is -1.35. The van der Waals surface area contributed by atoms with E-state index in [0.29, 0.717) is 6.42 Å². The van der Waals surface area contributed by atoms with Crippen LogP contribution in [0.15, 0.2) is 0 Å². The van der Waals surface area contributed by atoms with Gasteiger partial charge in [0.05, 0.1) is 11.9 Å². The van der Waals surface area contributed by atoms with Crippen molar-refractivity contribution in [2.24, 2.45) is 5.73 Å². The summed E-state index contributed by atoms with van der Waals surface area (Å²) in [5, 5.41) is 7.10. The zero-order valence-electron chi connectivity index (χ0n) is 10.7. The van der Waals surface area contributed by atoms with Crippen LogP contribution in [0.3, 0.4) is 0 Å². The van der Waals surface area contributed by atoms with Crippen LogP contribution in [0, 0.1) is 5.41 Å². The molecule has 0 radical (unpaired) electrons. The first kappa shape index (κ1) is 16.6. The molecule has 0 aromatic rings. The van der Waals surface area contributed by atoms with Crippen molar-refractivity contribution < 1.29 is 17.9 Å². The highest BCUT2D eigenvalue weighted by Gasteiger charge is 2.20. The molecule has 0 aliphatic carbocycles. The molecule has 5 N–H and O–H groups in total. The molecule has 0 saturated carbocycles. The Morgan fingerprint density at radius 3 is 2.39 bits per heavy atom. The van der Waals surface area contributed by atoms with Crippen LogP contribution in [0.4, 0.5) is 4.79 Å². The molecule has 8 nitrogen and oxygen atoms in total. The molecule has 1 atom stereocenters. The fourth-order valence-corrected chi connectivity index (χ4v) is 2.15. The number of nitrogens with two attached hydrogens (primary N) is 1. The van der Waals surface area contributed by atoms with Gasteiger partial charge < -0.3 is 10.5 Å². The molecule has 0 aliphatic rings. The minimum absolute atomic E-state index is 0.0800. The van der Waals surface area contributed by atoms with Crippen molar-refractivity contribution in [3.05, 3.63) is 0 Å². The monoisotopic (exact) mass is 280 g/mol. The number of carbonyl (C=O) groups excluding carboxylic acids is 1. The van der Waals surface area contributed by atoms with E-state index in [-0.39, 0.29) is 12.3 Å². The van der Waals surface area contributed by atoms with E-state index in [0.717, 1.165) is 0 Å². The highest BCUT2D eigenvalue weighted by Crippen LogP contribution is 1.99. The lowest BCUT2D eigenvalue weighted by atomic mass is 10.1. The van der Waals surface area contributed by atoms with Crippen LogP contribution >= 0.6 is 0 Å². The van der Waals surface area contributed by atoms with Gasteiger partial charge in [-0.15, -0.1) is 0 Å². The zero-order chi connectivity index (χ0) is 14.3. The summed E-state index contributed by atoms with van der Waals surface area (Å²) < 4.78 is 31.7. The quantitative estimate of drug-likeness (QED) is 0.386. The summed E-state index contributed by atoms with van der Waals surface area (Å²) in [5.74, 6) is -0.130. The van der Waals surface area contributed by atoms with E-state index in [4.69, 9.17) is 11.1 Å². The van der Waals surface area contributed by atoms with Crippen LogP contribution in [0.1, 0.15) is 33.6 Å². The smallest absolute Gasteiger partial charge is 0.422 e. The van der Waals surface area contributed by atoms with Crippen LogP contribution in [0.25, 0.3) is 0 Å². The van der Waals surface area contributed by atoms with Crippen LogP contribution in [-0.2, 0) is 14.9 Å². The summed E-state index contributed by atoms with van der Waals surface area (Å²) in [6.07, 6.45) is -0.939. The van der Waals surface area contributed by atoms with Crippen LogP contribution < -0.4 is 15.2 Å². The lowest BCUT2D eigenvalue weighted by molar-refractivity contribution is 0.121. The fourth-order valence-electron chi connectivity index (χ4n) is 1.13. The molecule has 0 aliphatic heterocycles. The molecule has 0 bridgehead atoms. The molecule has 18 heavy (non-hydrogen) atoms. The van der Waals surface area contributed by atoms with Gasteiger partial charge in [0.25, 0.3) is 0 Å². The average molecular weight is 280 g/mol. The van der Waals surface area contributed by atoms with E-state index in [9.17, 15) is 13.2 Å². The number of amidine groups is 1. The van der Waals surface area contributed by atoms with Gasteiger partial charge in [0.2, 0.25) is 0 Å². The van der Waals surface area contributed by atoms with Gasteiger partial charge in [-0.05, 0) is 20.3 Å². The van der Waals surface area contributed by atoms with E-state index >= 15 is 0 Å². The number of carbonyl (C=O) groups is 1. The minimum atomic E-state index is -4.01. The van der Waals surface area contributed by atoms with E-state index in [1.54, 1.807) is 25.5 Å². The molecule has 1 amide bonds. The first-order chi connectivity index (χ1) is 8.16. The van der Waals surface area contributed by atoms with Crippen molar-refractivity contribution >= 4 is 22.1 Å². The maximum atomic E-state index is 11.5. The van der Waals surface area contributed by atoms with Gasteiger partial charge in [0, 0.05) is 12.5 Å². The Bertz CT molecular complexity index is 393. The van der Waals surface area contributed by atoms with Gasteiger partial charge in [-0.25, -0.2) is 9.52 Å². The predicted molar refractivity (Wildman–Crippen MR) is 67.4 cm³/mol. The van der Waals surface area contributed by atoms with Crippen LogP contribution in [0.5, 0.6) is 0 Å². The Kier molecular flexibility index (Phi) is 6.63. The Balaban J connectivity index is 4.45. The van der Waals surface area contributed by atoms with Gasteiger partial charge in [-0.1, -0.05) is 6.92 Å². The number of amides is 1. The van der Waals surface area contributed by atoms with E-state index in [1.165, 1.54) is 0 Å². The van der Waals surface area contributed by atoms with Crippen molar-refractivity contribution in [3.8, 4) is 0 Å².